The number of aromatic hydroxyl groups is 1. The van der Waals surface area contributed by atoms with Gasteiger partial charge in [-0.3, -0.25) is 0 Å². The zero-order chi connectivity index (χ0) is 19.2. The van der Waals surface area contributed by atoms with E-state index in [9.17, 15) is 9.90 Å². The first-order chi connectivity index (χ1) is 13.0. The van der Waals surface area contributed by atoms with E-state index < -0.39 is 5.97 Å². The molecular formula is C19H17N5O3. The number of nitrogens with zero attached hydrogens (tertiary/aromatic N) is 4. The van der Waals surface area contributed by atoms with Gasteiger partial charge in [-0.15, -0.1) is 15.0 Å². The fourth-order valence-corrected chi connectivity index (χ4v) is 2.28. The number of aromatic nitrogens is 5. The highest BCUT2D eigenvalue weighted by Crippen LogP contribution is 2.22. The van der Waals surface area contributed by atoms with Gasteiger partial charge in [0.25, 0.3) is 0 Å². The second-order valence-corrected chi connectivity index (χ2v) is 5.64. The van der Waals surface area contributed by atoms with E-state index in [1.54, 1.807) is 12.3 Å². The van der Waals surface area contributed by atoms with Crippen LogP contribution in [0.4, 0.5) is 0 Å². The number of hydrogen-bond acceptors (Lipinski definition) is 5. The van der Waals surface area contributed by atoms with Gasteiger partial charge in [-0.25, -0.2) is 9.78 Å². The molecule has 0 bridgehead atoms. The number of carbonyl (C=O) groups is 1. The van der Waals surface area contributed by atoms with Crippen molar-refractivity contribution < 1.29 is 15.0 Å². The van der Waals surface area contributed by atoms with Crippen LogP contribution in [0, 0.1) is 6.92 Å². The summed E-state index contributed by atoms with van der Waals surface area (Å²) in [6, 6.07) is 13.0. The third-order valence-electron chi connectivity index (χ3n) is 3.55. The molecule has 27 heavy (non-hydrogen) atoms. The Kier molecular flexibility index (Phi) is 5.27. The second-order valence-electron chi connectivity index (χ2n) is 5.64. The first-order valence-electron chi connectivity index (χ1n) is 8.05. The number of rotatable bonds is 3. The quantitative estimate of drug-likeness (QED) is 0.482. The van der Waals surface area contributed by atoms with E-state index in [-0.39, 0.29) is 5.75 Å². The van der Waals surface area contributed by atoms with Crippen LogP contribution >= 0.6 is 0 Å². The first-order valence-corrected chi connectivity index (χ1v) is 8.05. The van der Waals surface area contributed by atoms with E-state index in [2.05, 4.69) is 20.2 Å². The lowest BCUT2D eigenvalue weighted by molar-refractivity contribution is -0.131. The Hall–Kier alpha value is -3.94. The zero-order valence-electron chi connectivity index (χ0n) is 14.4. The molecule has 2 aromatic carbocycles. The van der Waals surface area contributed by atoms with Crippen molar-refractivity contribution in [3.8, 4) is 11.4 Å². The molecular weight excluding hydrogens is 346 g/mol. The minimum Gasteiger partial charge on any atom is -0.506 e. The van der Waals surface area contributed by atoms with Gasteiger partial charge in [0, 0.05) is 12.3 Å². The third kappa shape index (κ3) is 4.57. The molecule has 0 atom stereocenters. The van der Waals surface area contributed by atoms with Crippen molar-refractivity contribution in [3.63, 3.8) is 0 Å². The number of aromatic amines is 1. The van der Waals surface area contributed by atoms with Gasteiger partial charge in [0.05, 0.1) is 12.0 Å². The molecule has 0 saturated carbocycles. The minimum atomic E-state index is -0.969. The molecule has 8 nitrogen and oxygen atoms in total. The number of carboxylic acid groups (broad SMARTS) is 1. The number of H-pyrrole nitrogens is 1. The summed E-state index contributed by atoms with van der Waals surface area (Å²) in [5.41, 5.74) is 3.89. The molecule has 2 aromatic heterocycles. The molecule has 0 aliphatic rings. The van der Waals surface area contributed by atoms with Crippen LogP contribution in [0.15, 0.2) is 61.1 Å². The second kappa shape index (κ2) is 7.96. The molecule has 136 valence electrons. The maximum absolute atomic E-state index is 9.97. The lowest BCUT2D eigenvalue weighted by atomic mass is 10.2. The van der Waals surface area contributed by atoms with Crippen molar-refractivity contribution in [2.45, 2.75) is 6.92 Å². The van der Waals surface area contributed by atoms with Crippen LogP contribution in [0.5, 0.6) is 5.75 Å². The maximum atomic E-state index is 9.97. The van der Waals surface area contributed by atoms with Gasteiger partial charge in [0.1, 0.15) is 22.5 Å². The summed E-state index contributed by atoms with van der Waals surface area (Å²) in [7, 11) is 0. The molecule has 0 unspecified atom stereocenters. The van der Waals surface area contributed by atoms with Crippen LogP contribution in [0.2, 0.25) is 0 Å². The maximum Gasteiger partial charge on any atom is 0.328 e. The van der Waals surface area contributed by atoms with Crippen LogP contribution in [0.3, 0.4) is 0 Å². The molecule has 4 rings (SSSR count). The Labute approximate surface area is 154 Å². The van der Waals surface area contributed by atoms with Crippen molar-refractivity contribution >= 4 is 23.1 Å². The van der Waals surface area contributed by atoms with Crippen LogP contribution in [0.25, 0.3) is 22.8 Å². The number of phenolic OH excluding ortho intramolecular Hbond substituents is 1. The number of benzene rings is 2. The molecule has 0 spiro atoms. The molecule has 0 saturated heterocycles. The predicted octanol–water partition coefficient (Wildman–Crippen LogP) is 2.94. The lowest BCUT2D eigenvalue weighted by Gasteiger charge is -2.03. The lowest BCUT2D eigenvalue weighted by Crippen LogP contribution is -1.99. The van der Waals surface area contributed by atoms with Crippen molar-refractivity contribution in [1.82, 2.24) is 25.0 Å². The SMILES string of the molecule is Cc1ccc(O)c(-n2nc3ccccc3n2)c1.O=C(O)/C=C/c1c[nH]cn1. The summed E-state index contributed by atoms with van der Waals surface area (Å²) in [6.07, 6.45) is 5.55. The standard InChI is InChI=1S/C13H11N3O.C6H6N2O2/c1-9-6-7-13(17)12(8-9)16-14-10-4-2-3-5-11(10)15-16;9-6(10)2-1-5-3-7-4-8-5/h2-8,17H,1H3;1-4H,(H,7,8)(H,9,10)/b;2-1+. The number of nitrogens with one attached hydrogen (secondary N) is 1. The number of phenols is 1. The van der Waals surface area contributed by atoms with E-state index in [0.29, 0.717) is 11.4 Å². The Balaban J connectivity index is 0.000000180. The summed E-state index contributed by atoms with van der Waals surface area (Å²) in [5, 5.41) is 26.7. The van der Waals surface area contributed by atoms with Gasteiger partial charge >= 0.3 is 5.97 Å². The minimum absolute atomic E-state index is 0.177. The Morgan fingerprint density at radius 2 is 1.85 bits per heavy atom. The fourth-order valence-electron chi connectivity index (χ4n) is 2.28. The molecule has 0 radical (unpaired) electrons. The number of imidazole rings is 1. The molecule has 0 aliphatic carbocycles. The van der Waals surface area contributed by atoms with E-state index in [0.717, 1.165) is 22.7 Å². The van der Waals surface area contributed by atoms with Crippen molar-refractivity contribution in [3.05, 3.63) is 72.3 Å². The number of hydrogen-bond donors (Lipinski definition) is 3. The van der Waals surface area contributed by atoms with Crippen LogP contribution in [0.1, 0.15) is 11.3 Å². The summed E-state index contributed by atoms with van der Waals surface area (Å²) in [5.74, 6) is -0.793. The van der Waals surface area contributed by atoms with Gasteiger partial charge in [-0.2, -0.15) is 0 Å². The third-order valence-corrected chi connectivity index (χ3v) is 3.55. The van der Waals surface area contributed by atoms with E-state index in [1.807, 2.05) is 43.3 Å². The monoisotopic (exact) mass is 363 g/mol. The highest BCUT2D eigenvalue weighted by molar-refractivity contribution is 5.84. The van der Waals surface area contributed by atoms with Crippen LogP contribution in [-0.4, -0.2) is 41.1 Å². The Bertz CT molecular complexity index is 1050. The molecule has 3 N–H and O–H groups in total. The van der Waals surface area contributed by atoms with Crippen molar-refractivity contribution in [2.24, 2.45) is 0 Å². The van der Waals surface area contributed by atoms with E-state index >= 15 is 0 Å². The topological polar surface area (TPSA) is 117 Å². The van der Waals surface area contributed by atoms with Gasteiger partial charge in [-0.05, 0) is 42.8 Å². The van der Waals surface area contributed by atoms with Crippen LogP contribution < -0.4 is 0 Å². The van der Waals surface area contributed by atoms with Gasteiger partial charge in [0.15, 0.2) is 0 Å². The molecule has 2 heterocycles. The van der Waals surface area contributed by atoms with Crippen LogP contribution in [-0.2, 0) is 4.79 Å². The summed E-state index contributed by atoms with van der Waals surface area (Å²) < 4.78 is 0. The van der Waals surface area contributed by atoms with Gasteiger partial charge in [0.2, 0.25) is 0 Å². The molecule has 0 fully saturated rings. The smallest absolute Gasteiger partial charge is 0.328 e. The normalized spacial score (nSPS) is 10.7. The number of aryl methyl sites for hydroxylation is 1. The van der Waals surface area contributed by atoms with Crippen molar-refractivity contribution in [1.29, 1.82) is 0 Å². The summed E-state index contributed by atoms with van der Waals surface area (Å²) >= 11 is 0. The Morgan fingerprint density at radius 1 is 1.15 bits per heavy atom. The summed E-state index contributed by atoms with van der Waals surface area (Å²) in [4.78, 5) is 17.9. The highest BCUT2D eigenvalue weighted by atomic mass is 16.4. The van der Waals surface area contributed by atoms with Crippen molar-refractivity contribution in [2.75, 3.05) is 0 Å². The summed E-state index contributed by atoms with van der Waals surface area (Å²) in [6.45, 7) is 1.96. The molecule has 0 amide bonds. The number of aliphatic carboxylic acids is 1. The molecule has 8 heteroatoms. The van der Waals surface area contributed by atoms with Gasteiger partial charge in [-0.1, -0.05) is 18.2 Å². The predicted molar refractivity (Wildman–Crippen MR) is 101 cm³/mol. The fraction of sp³-hybridized carbons (Fsp3) is 0.0526. The highest BCUT2D eigenvalue weighted by Gasteiger charge is 2.08. The van der Waals surface area contributed by atoms with E-state index in [4.69, 9.17) is 5.11 Å². The first kappa shape index (κ1) is 17.9. The van der Waals surface area contributed by atoms with Gasteiger partial charge < -0.3 is 15.2 Å². The molecule has 0 aliphatic heterocycles. The number of fused-ring (bicyclic) bond motifs is 1. The van der Waals surface area contributed by atoms with E-state index in [1.165, 1.54) is 17.2 Å². The molecule has 4 aromatic rings. The average Bonchev–Trinajstić information content (AvgIpc) is 3.31. The number of carboxylic acids is 1. The Morgan fingerprint density at radius 3 is 2.44 bits per heavy atom. The zero-order valence-corrected chi connectivity index (χ0v) is 14.4. The largest absolute Gasteiger partial charge is 0.506 e. The average molecular weight is 363 g/mol.